The molecule has 0 saturated heterocycles. The molecule has 0 N–H and O–H groups in total. The highest BCUT2D eigenvalue weighted by molar-refractivity contribution is 6.33. The second-order valence-electron chi connectivity index (χ2n) is 9.67. The molecule has 0 aliphatic heterocycles. The van der Waals surface area contributed by atoms with Gasteiger partial charge >= 0.3 is 0 Å². The molecule has 0 atom stereocenters. The summed E-state index contributed by atoms with van der Waals surface area (Å²) in [5, 5.41) is 13.1. The Hall–Kier alpha value is -4.68. The van der Waals surface area contributed by atoms with E-state index in [1.165, 1.54) is 76.1 Å². The molecule has 36 heavy (non-hydrogen) atoms. The fourth-order valence-electron chi connectivity index (χ4n) is 6.26. The van der Waals surface area contributed by atoms with Crippen LogP contribution in [0.15, 0.2) is 133 Å². The molecule has 6 aromatic rings. The van der Waals surface area contributed by atoms with Gasteiger partial charge in [0.2, 0.25) is 0 Å². The second-order valence-corrected chi connectivity index (χ2v) is 9.67. The summed E-state index contributed by atoms with van der Waals surface area (Å²) in [4.78, 5) is 0. The van der Waals surface area contributed by atoms with Crippen molar-refractivity contribution < 1.29 is 0 Å². The first-order chi connectivity index (χ1) is 17.9. The van der Waals surface area contributed by atoms with Crippen LogP contribution in [-0.4, -0.2) is 0 Å². The smallest absolute Gasteiger partial charge is 0.00137 e. The lowest BCUT2D eigenvalue weighted by molar-refractivity contribution is 1.70. The molecular weight excluding hydrogens is 432 g/mol. The number of hydrogen-bond donors (Lipinski definition) is 0. The second kappa shape index (κ2) is 7.41. The molecule has 0 heteroatoms. The molecule has 0 saturated carbocycles. The van der Waals surface area contributed by atoms with Gasteiger partial charge < -0.3 is 0 Å². The molecule has 8 rings (SSSR count). The summed E-state index contributed by atoms with van der Waals surface area (Å²) in [5.74, 6) is 0. The predicted octanol–water partition coefficient (Wildman–Crippen LogP) is 10.2. The van der Waals surface area contributed by atoms with Gasteiger partial charge in [-0.15, -0.1) is 0 Å². The van der Waals surface area contributed by atoms with E-state index in [0.29, 0.717) is 0 Å². The fourth-order valence-corrected chi connectivity index (χ4v) is 6.26. The molecule has 2 aliphatic carbocycles. The summed E-state index contributed by atoms with van der Waals surface area (Å²) < 4.78 is 0. The molecule has 0 aromatic heterocycles. The summed E-state index contributed by atoms with van der Waals surface area (Å²) in [6.45, 7) is 0. The lowest BCUT2D eigenvalue weighted by Crippen LogP contribution is -1.85. The lowest BCUT2D eigenvalue weighted by Gasteiger charge is -2.12. The molecule has 2 aliphatic rings. The average Bonchev–Trinajstić information content (AvgIpc) is 3.27. The standard InChI is InChI=1S/C36H22/c1-3-13-25-23(10-1)12-9-19-27(25)32-21-20-24-11-2-4-14-26(24)33-22-34-30-17-6-5-15-28(30)29-16-7-8-18-31(29)35(34)36(32)33/h1-22H. The normalized spacial score (nSPS) is 11.9. The zero-order valence-corrected chi connectivity index (χ0v) is 19.7. The van der Waals surface area contributed by atoms with Gasteiger partial charge in [-0.2, -0.15) is 0 Å². The van der Waals surface area contributed by atoms with Crippen molar-refractivity contribution in [3.05, 3.63) is 133 Å². The van der Waals surface area contributed by atoms with Crippen LogP contribution in [0.5, 0.6) is 0 Å². The maximum Gasteiger partial charge on any atom is -0.00137 e. The maximum absolute atomic E-state index is 2.44. The molecule has 0 fully saturated rings. The minimum Gasteiger partial charge on any atom is -0.0616 e. The molecule has 166 valence electrons. The van der Waals surface area contributed by atoms with Gasteiger partial charge in [-0.3, -0.25) is 0 Å². The number of hydrogen-bond acceptors (Lipinski definition) is 0. The Labute approximate surface area is 209 Å². The quantitative estimate of drug-likeness (QED) is 0.216. The molecular formula is C36H22. The first kappa shape index (κ1) is 19.6. The van der Waals surface area contributed by atoms with Crippen LogP contribution in [0.1, 0.15) is 0 Å². The van der Waals surface area contributed by atoms with Crippen LogP contribution in [-0.2, 0) is 0 Å². The van der Waals surface area contributed by atoms with E-state index >= 15 is 0 Å². The molecule has 0 amide bonds. The van der Waals surface area contributed by atoms with E-state index in [1.807, 2.05) is 0 Å². The predicted molar refractivity (Wildman–Crippen MR) is 156 cm³/mol. The number of rotatable bonds is 1. The van der Waals surface area contributed by atoms with E-state index in [-0.39, 0.29) is 0 Å². The summed E-state index contributed by atoms with van der Waals surface area (Å²) in [6.07, 6.45) is 0. The van der Waals surface area contributed by atoms with E-state index in [9.17, 15) is 0 Å². The van der Waals surface area contributed by atoms with Gasteiger partial charge in [0.05, 0.1) is 0 Å². The van der Waals surface area contributed by atoms with Crippen molar-refractivity contribution >= 4 is 53.9 Å². The van der Waals surface area contributed by atoms with Crippen LogP contribution < -0.4 is 0 Å². The highest BCUT2D eigenvalue weighted by Crippen LogP contribution is 2.49. The minimum atomic E-state index is 1.26. The number of fused-ring (bicyclic) bond motifs is 11. The van der Waals surface area contributed by atoms with Gasteiger partial charge in [-0.05, 0) is 82.2 Å². The first-order valence-electron chi connectivity index (χ1n) is 12.5. The highest BCUT2D eigenvalue weighted by Gasteiger charge is 2.22. The van der Waals surface area contributed by atoms with E-state index < -0.39 is 0 Å². The topological polar surface area (TPSA) is 0 Å². The minimum absolute atomic E-state index is 1.26. The van der Waals surface area contributed by atoms with E-state index in [1.54, 1.807) is 0 Å². The largest absolute Gasteiger partial charge is 0.0616 e. The van der Waals surface area contributed by atoms with Crippen LogP contribution >= 0.6 is 0 Å². The Balaban J connectivity index is 1.69. The Morgan fingerprint density at radius 1 is 0.278 bits per heavy atom. The fraction of sp³-hybridized carbons (Fsp3) is 0. The monoisotopic (exact) mass is 454 g/mol. The van der Waals surface area contributed by atoms with E-state index in [0.717, 1.165) is 0 Å². The van der Waals surface area contributed by atoms with Gasteiger partial charge in [-0.1, -0.05) is 127 Å². The third kappa shape index (κ3) is 2.64. The van der Waals surface area contributed by atoms with Crippen LogP contribution in [0, 0.1) is 0 Å². The Morgan fingerprint density at radius 3 is 1.50 bits per heavy atom. The zero-order chi connectivity index (χ0) is 23.6. The van der Waals surface area contributed by atoms with Crippen LogP contribution in [0.2, 0.25) is 0 Å². The van der Waals surface area contributed by atoms with Crippen molar-refractivity contribution in [3.63, 3.8) is 0 Å². The van der Waals surface area contributed by atoms with Crippen molar-refractivity contribution in [2.24, 2.45) is 0 Å². The van der Waals surface area contributed by atoms with Crippen molar-refractivity contribution in [2.75, 3.05) is 0 Å². The van der Waals surface area contributed by atoms with Crippen molar-refractivity contribution in [2.45, 2.75) is 0 Å². The highest BCUT2D eigenvalue weighted by atomic mass is 14.2. The zero-order valence-electron chi connectivity index (χ0n) is 19.7. The maximum atomic E-state index is 2.44. The van der Waals surface area contributed by atoms with Crippen molar-refractivity contribution in [1.29, 1.82) is 0 Å². The van der Waals surface area contributed by atoms with Gasteiger partial charge in [0.25, 0.3) is 0 Å². The van der Waals surface area contributed by atoms with Crippen LogP contribution in [0.25, 0.3) is 76.1 Å². The summed E-state index contributed by atoms with van der Waals surface area (Å²) in [6, 6.07) is 49.1. The molecule has 0 nitrogen and oxygen atoms in total. The first-order valence-corrected chi connectivity index (χ1v) is 12.5. The van der Waals surface area contributed by atoms with Gasteiger partial charge in [0, 0.05) is 0 Å². The van der Waals surface area contributed by atoms with E-state index in [4.69, 9.17) is 0 Å². The number of benzene rings is 6. The lowest BCUT2D eigenvalue weighted by atomic mass is 9.90. The molecule has 6 aromatic carbocycles. The van der Waals surface area contributed by atoms with Gasteiger partial charge in [0.1, 0.15) is 0 Å². The SMILES string of the molecule is c1ccc2c(-c3ccc4ccccc4c4cc5c6ccccc6c6ccccc6c5c3-4)cccc2c1. The third-order valence-electron chi connectivity index (χ3n) is 7.81. The van der Waals surface area contributed by atoms with Gasteiger partial charge in [-0.25, -0.2) is 0 Å². The molecule has 0 spiro atoms. The van der Waals surface area contributed by atoms with E-state index in [2.05, 4.69) is 133 Å². The molecule has 0 heterocycles. The van der Waals surface area contributed by atoms with Crippen molar-refractivity contribution in [1.82, 2.24) is 0 Å². The molecule has 0 unspecified atom stereocenters. The summed E-state index contributed by atoms with van der Waals surface area (Å²) in [7, 11) is 0. The summed E-state index contributed by atoms with van der Waals surface area (Å²) >= 11 is 0. The van der Waals surface area contributed by atoms with Crippen molar-refractivity contribution in [3.8, 4) is 22.3 Å². The van der Waals surface area contributed by atoms with Crippen LogP contribution in [0.4, 0.5) is 0 Å². The van der Waals surface area contributed by atoms with Gasteiger partial charge in [0.15, 0.2) is 0 Å². The Kier molecular flexibility index (Phi) is 4.03. The molecule has 0 radical (unpaired) electrons. The Bertz CT molecular complexity index is 2090. The summed E-state index contributed by atoms with van der Waals surface area (Å²) in [5.41, 5.74) is 5.22. The third-order valence-corrected chi connectivity index (χ3v) is 7.81. The average molecular weight is 455 g/mol. The Morgan fingerprint density at radius 2 is 0.778 bits per heavy atom. The van der Waals surface area contributed by atoms with Crippen LogP contribution in [0.3, 0.4) is 0 Å². The molecule has 0 bridgehead atoms.